The average molecular weight is 332 g/mol. The van der Waals surface area contributed by atoms with Crippen LogP contribution in [0.4, 0.5) is 5.00 Å². The van der Waals surface area contributed by atoms with Crippen molar-refractivity contribution in [3.63, 3.8) is 0 Å². The maximum atomic E-state index is 3.52. The number of nitrogens with zero attached hydrogens (tertiary/aromatic N) is 2. The topological polar surface area (TPSA) is 18.5 Å². The summed E-state index contributed by atoms with van der Waals surface area (Å²) in [5.74, 6) is 0. The van der Waals surface area contributed by atoms with E-state index in [1.807, 2.05) is 0 Å². The van der Waals surface area contributed by atoms with Crippen LogP contribution in [0.3, 0.4) is 0 Å². The lowest BCUT2D eigenvalue weighted by Crippen LogP contribution is -2.48. The molecule has 2 rings (SSSR count). The molecule has 1 aliphatic rings. The molecule has 1 N–H and O–H groups in total. The van der Waals surface area contributed by atoms with Gasteiger partial charge in [0.15, 0.2) is 0 Å². The van der Waals surface area contributed by atoms with Crippen molar-refractivity contribution in [1.82, 2.24) is 10.2 Å². The fraction of sp³-hybridized carbons (Fsp3) is 0.692. The lowest BCUT2D eigenvalue weighted by molar-refractivity contribution is 0.178. The predicted molar refractivity (Wildman–Crippen MR) is 83.8 cm³/mol. The highest BCUT2D eigenvalue weighted by Gasteiger charge is 2.16. The highest BCUT2D eigenvalue weighted by Crippen LogP contribution is 2.29. The Morgan fingerprint density at radius 2 is 2.17 bits per heavy atom. The Morgan fingerprint density at radius 3 is 2.78 bits per heavy atom. The van der Waals surface area contributed by atoms with Crippen molar-refractivity contribution >= 4 is 32.3 Å². The zero-order valence-electron chi connectivity index (χ0n) is 11.2. The molecule has 0 amide bonds. The molecule has 1 aliphatic heterocycles. The van der Waals surface area contributed by atoms with Crippen molar-refractivity contribution < 1.29 is 0 Å². The summed E-state index contributed by atoms with van der Waals surface area (Å²) in [4.78, 5) is 4.95. The van der Waals surface area contributed by atoms with E-state index in [1.54, 1.807) is 11.3 Å². The monoisotopic (exact) mass is 331 g/mol. The number of hydrogen-bond donors (Lipinski definition) is 1. The van der Waals surface area contributed by atoms with Crippen molar-refractivity contribution in [3.05, 3.63) is 15.9 Å². The van der Waals surface area contributed by atoms with Crippen LogP contribution >= 0.6 is 27.3 Å². The molecule has 1 aromatic rings. The predicted octanol–water partition coefficient (Wildman–Crippen LogP) is 2.63. The number of anilines is 1. The minimum absolute atomic E-state index is 0.679. The minimum atomic E-state index is 0.679. The molecule has 0 aromatic carbocycles. The normalized spacial score (nSPS) is 18.8. The molecule has 1 aromatic heterocycles. The van der Waals surface area contributed by atoms with E-state index < -0.39 is 0 Å². The summed E-state index contributed by atoms with van der Waals surface area (Å²) in [7, 11) is 2.18. The van der Waals surface area contributed by atoms with E-state index in [1.165, 1.54) is 28.3 Å². The molecule has 102 valence electrons. The van der Waals surface area contributed by atoms with Crippen LogP contribution in [0.25, 0.3) is 0 Å². The van der Waals surface area contributed by atoms with Crippen LogP contribution in [-0.2, 0) is 0 Å². The Balaban J connectivity index is 1.76. The molecule has 1 saturated heterocycles. The van der Waals surface area contributed by atoms with Crippen LogP contribution in [0.15, 0.2) is 15.9 Å². The second kappa shape index (κ2) is 6.89. The number of rotatable bonds is 5. The van der Waals surface area contributed by atoms with Gasteiger partial charge >= 0.3 is 0 Å². The molecule has 1 unspecified atom stereocenters. The van der Waals surface area contributed by atoms with Crippen LogP contribution in [0.5, 0.6) is 0 Å². The van der Waals surface area contributed by atoms with Crippen molar-refractivity contribution in [1.29, 1.82) is 0 Å². The van der Waals surface area contributed by atoms with E-state index in [0.717, 1.165) is 19.6 Å². The summed E-state index contributed by atoms with van der Waals surface area (Å²) in [5, 5.41) is 4.75. The SMILES string of the molecule is CC(CCN(C)c1ccc(Br)s1)N1CCNCC1. The van der Waals surface area contributed by atoms with Gasteiger partial charge in [-0.05, 0) is 41.4 Å². The van der Waals surface area contributed by atoms with Gasteiger partial charge in [-0.15, -0.1) is 11.3 Å². The molecule has 0 aliphatic carbocycles. The first kappa shape index (κ1) is 14.3. The van der Waals surface area contributed by atoms with Crippen molar-refractivity contribution in [3.8, 4) is 0 Å². The molecular formula is C13H22BrN3S. The van der Waals surface area contributed by atoms with E-state index >= 15 is 0 Å². The zero-order chi connectivity index (χ0) is 13.0. The number of thiophene rings is 1. The van der Waals surface area contributed by atoms with Crippen LogP contribution in [-0.4, -0.2) is 50.7 Å². The third-order valence-corrected chi connectivity index (χ3v) is 5.33. The first-order valence-corrected chi connectivity index (χ1v) is 8.19. The molecule has 0 radical (unpaired) electrons. The van der Waals surface area contributed by atoms with Gasteiger partial charge in [0.2, 0.25) is 0 Å². The van der Waals surface area contributed by atoms with E-state index in [4.69, 9.17) is 0 Å². The number of halogens is 1. The van der Waals surface area contributed by atoms with Crippen LogP contribution in [0.1, 0.15) is 13.3 Å². The van der Waals surface area contributed by atoms with E-state index in [9.17, 15) is 0 Å². The summed E-state index contributed by atoms with van der Waals surface area (Å²) in [5.41, 5.74) is 0. The molecular weight excluding hydrogens is 310 g/mol. The van der Waals surface area contributed by atoms with E-state index in [2.05, 4.69) is 57.2 Å². The fourth-order valence-electron chi connectivity index (χ4n) is 2.31. The fourth-order valence-corrected chi connectivity index (χ4v) is 3.65. The molecule has 0 spiro atoms. The summed E-state index contributed by atoms with van der Waals surface area (Å²) < 4.78 is 1.21. The average Bonchev–Trinajstić information content (AvgIpc) is 2.83. The third-order valence-electron chi connectivity index (χ3n) is 3.59. The summed E-state index contributed by atoms with van der Waals surface area (Å²) in [6.45, 7) is 8.13. The van der Waals surface area contributed by atoms with E-state index in [-0.39, 0.29) is 0 Å². The van der Waals surface area contributed by atoms with Crippen molar-refractivity contribution in [2.75, 3.05) is 44.7 Å². The van der Waals surface area contributed by atoms with Gasteiger partial charge in [0.1, 0.15) is 0 Å². The van der Waals surface area contributed by atoms with Gasteiger partial charge in [0.05, 0.1) is 8.79 Å². The van der Waals surface area contributed by atoms with Crippen LogP contribution < -0.4 is 10.2 Å². The zero-order valence-corrected chi connectivity index (χ0v) is 13.6. The first-order chi connectivity index (χ1) is 8.66. The lowest BCUT2D eigenvalue weighted by atomic mass is 10.1. The van der Waals surface area contributed by atoms with Gasteiger partial charge in [0, 0.05) is 45.8 Å². The van der Waals surface area contributed by atoms with Gasteiger partial charge in [-0.1, -0.05) is 0 Å². The summed E-state index contributed by atoms with van der Waals surface area (Å²) in [6.07, 6.45) is 1.23. The summed E-state index contributed by atoms with van der Waals surface area (Å²) >= 11 is 5.32. The molecule has 3 nitrogen and oxygen atoms in total. The Morgan fingerprint density at radius 1 is 1.44 bits per heavy atom. The quantitative estimate of drug-likeness (QED) is 0.894. The molecule has 5 heteroatoms. The lowest BCUT2D eigenvalue weighted by Gasteiger charge is -2.33. The highest BCUT2D eigenvalue weighted by molar-refractivity contribution is 9.11. The Kier molecular flexibility index (Phi) is 5.48. The second-order valence-electron chi connectivity index (χ2n) is 4.92. The number of hydrogen-bond acceptors (Lipinski definition) is 4. The van der Waals surface area contributed by atoms with Crippen LogP contribution in [0.2, 0.25) is 0 Å². The number of nitrogens with one attached hydrogen (secondary N) is 1. The van der Waals surface area contributed by atoms with Crippen molar-refractivity contribution in [2.24, 2.45) is 0 Å². The van der Waals surface area contributed by atoms with Crippen LogP contribution in [0, 0.1) is 0 Å². The first-order valence-electron chi connectivity index (χ1n) is 6.58. The standard InChI is InChI=1S/C13H22BrN3S/c1-11(17-9-6-15-7-10-17)5-8-16(2)13-4-3-12(14)18-13/h3-4,11,15H,5-10H2,1-2H3. The van der Waals surface area contributed by atoms with Gasteiger partial charge < -0.3 is 10.2 Å². The van der Waals surface area contributed by atoms with E-state index in [0.29, 0.717) is 6.04 Å². The molecule has 1 atom stereocenters. The third kappa shape index (κ3) is 3.95. The maximum Gasteiger partial charge on any atom is 0.0917 e. The Hall–Kier alpha value is -0.100. The van der Waals surface area contributed by atoms with Gasteiger partial charge in [-0.2, -0.15) is 0 Å². The highest BCUT2D eigenvalue weighted by atomic mass is 79.9. The van der Waals surface area contributed by atoms with Gasteiger partial charge in [-0.3, -0.25) is 4.90 Å². The molecule has 1 fully saturated rings. The smallest absolute Gasteiger partial charge is 0.0917 e. The largest absolute Gasteiger partial charge is 0.366 e. The molecule has 0 saturated carbocycles. The maximum absolute atomic E-state index is 3.52. The minimum Gasteiger partial charge on any atom is -0.366 e. The number of piperazine rings is 1. The Bertz CT molecular complexity index is 363. The van der Waals surface area contributed by atoms with Gasteiger partial charge in [-0.25, -0.2) is 0 Å². The molecule has 18 heavy (non-hydrogen) atoms. The molecule has 2 heterocycles. The second-order valence-corrected chi connectivity index (χ2v) is 7.36. The summed E-state index contributed by atoms with van der Waals surface area (Å²) in [6, 6.07) is 4.98. The van der Waals surface area contributed by atoms with Gasteiger partial charge in [0.25, 0.3) is 0 Å². The van der Waals surface area contributed by atoms with Crippen molar-refractivity contribution in [2.45, 2.75) is 19.4 Å². The molecule has 0 bridgehead atoms. The Labute approximate surface area is 122 Å².